The molecule has 7 nitrogen and oxygen atoms in total. The van der Waals surface area contributed by atoms with Gasteiger partial charge in [0.05, 0.1) is 27.9 Å². The number of carbonyl (C=O) groups is 2. The van der Waals surface area contributed by atoms with Crippen molar-refractivity contribution in [3.05, 3.63) is 89.5 Å². The summed E-state index contributed by atoms with van der Waals surface area (Å²) in [4.78, 5) is 25.7. The van der Waals surface area contributed by atoms with Gasteiger partial charge in [0.1, 0.15) is 0 Å². The van der Waals surface area contributed by atoms with Crippen LogP contribution in [-0.4, -0.2) is 39.6 Å². The number of nitrogens with two attached hydrogens (primary N) is 1. The number of primary amides is 1. The van der Waals surface area contributed by atoms with Crippen molar-refractivity contribution in [1.82, 2.24) is 0 Å². The summed E-state index contributed by atoms with van der Waals surface area (Å²) in [6.07, 6.45) is 0.00728. The zero-order chi connectivity index (χ0) is 23.8. The number of carbonyl (C=O) groups excluding carboxylic acids is 2. The number of rotatable bonds is 11. The van der Waals surface area contributed by atoms with Crippen LogP contribution in [0.2, 0.25) is 0 Å². The van der Waals surface area contributed by atoms with E-state index >= 15 is 0 Å². The monoisotopic (exact) mass is 485 g/mol. The maximum atomic E-state index is 13.0. The molecular formula is C26H28ClNO6. The third kappa shape index (κ3) is 5.32. The SMILES string of the molecule is COc1cc(C(=O)CCOC(C(N)=O)(c2ccccc2)c2ccccc2)cc(OC)c1OC.Cl. The van der Waals surface area contributed by atoms with Crippen LogP contribution >= 0.6 is 12.4 Å². The van der Waals surface area contributed by atoms with Gasteiger partial charge in [-0.3, -0.25) is 9.59 Å². The van der Waals surface area contributed by atoms with Crippen LogP contribution in [0.3, 0.4) is 0 Å². The molecule has 3 aromatic rings. The summed E-state index contributed by atoms with van der Waals surface area (Å²) in [5.74, 6) is 0.268. The largest absolute Gasteiger partial charge is 0.493 e. The molecule has 0 fully saturated rings. The highest BCUT2D eigenvalue weighted by Gasteiger charge is 2.41. The molecule has 1 amide bonds. The predicted octanol–water partition coefficient (Wildman–Crippen LogP) is 4.15. The van der Waals surface area contributed by atoms with Gasteiger partial charge in [0.15, 0.2) is 22.9 Å². The molecule has 0 atom stereocenters. The molecule has 0 radical (unpaired) electrons. The molecule has 0 saturated heterocycles. The minimum Gasteiger partial charge on any atom is -0.493 e. The van der Waals surface area contributed by atoms with E-state index in [0.29, 0.717) is 33.9 Å². The first-order valence-corrected chi connectivity index (χ1v) is 10.4. The molecule has 0 heterocycles. The highest BCUT2D eigenvalue weighted by Crippen LogP contribution is 2.39. The highest BCUT2D eigenvalue weighted by molar-refractivity contribution is 5.97. The first kappa shape index (κ1) is 26.7. The van der Waals surface area contributed by atoms with Gasteiger partial charge < -0.3 is 24.7 Å². The van der Waals surface area contributed by atoms with E-state index in [1.807, 2.05) is 12.1 Å². The van der Waals surface area contributed by atoms with E-state index in [9.17, 15) is 9.59 Å². The molecule has 180 valence electrons. The summed E-state index contributed by atoms with van der Waals surface area (Å²) in [5, 5.41) is 0. The number of amides is 1. The molecular weight excluding hydrogens is 458 g/mol. The van der Waals surface area contributed by atoms with Crippen LogP contribution in [0.15, 0.2) is 72.8 Å². The van der Waals surface area contributed by atoms with Crippen molar-refractivity contribution >= 4 is 24.1 Å². The lowest BCUT2D eigenvalue weighted by molar-refractivity contribution is -0.139. The first-order valence-electron chi connectivity index (χ1n) is 10.4. The number of halogens is 1. The average Bonchev–Trinajstić information content (AvgIpc) is 2.86. The fourth-order valence-electron chi connectivity index (χ4n) is 3.72. The average molecular weight is 486 g/mol. The Kier molecular flexibility index (Phi) is 9.47. The van der Waals surface area contributed by atoms with Gasteiger partial charge in [0, 0.05) is 12.0 Å². The molecule has 0 bridgehead atoms. The Bertz CT molecular complexity index is 1040. The molecule has 0 aromatic heterocycles. The van der Waals surface area contributed by atoms with Crippen LogP contribution in [0.1, 0.15) is 27.9 Å². The quantitative estimate of drug-likeness (QED) is 0.410. The van der Waals surface area contributed by atoms with E-state index in [-0.39, 0.29) is 31.2 Å². The Labute approximate surface area is 205 Å². The molecule has 34 heavy (non-hydrogen) atoms. The van der Waals surface area contributed by atoms with Crippen LogP contribution in [0.25, 0.3) is 0 Å². The molecule has 0 aliphatic heterocycles. The zero-order valence-corrected chi connectivity index (χ0v) is 20.1. The molecule has 0 saturated carbocycles. The first-order chi connectivity index (χ1) is 16.0. The van der Waals surface area contributed by atoms with E-state index in [2.05, 4.69) is 0 Å². The molecule has 8 heteroatoms. The molecule has 3 rings (SSSR count). The topological polar surface area (TPSA) is 97.1 Å². The van der Waals surface area contributed by atoms with Gasteiger partial charge >= 0.3 is 0 Å². The molecule has 3 aromatic carbocycles. The number of hydrogen-bond acceptors (Lipinski definition) is 6. The maximum Gasteiger partial charge on any atom is 0.259 e. The van der Waals surface area contributed by atoms with E-state index in [1.165, 1.54) is 21.3 Å². The Morgan fingerprint density at radius 3 is 1.65 bits per heavy atom. The van der Waals surface area contributed by atoms with Gasteiger partial charge in [0.25, 0.3) is 5.91 Å². The number of methoxy groups -OCH3 is 3. The van der Waals surface area contributed by atoms with Crippen LogP contribution in [-0.2, 0) is 15.1 Å². The summed E-state index contributed by atoms with van der Waals surface area (Å²) in [7, 11) is 4.46. The smallest absolute Gasteiger partial charge is 0.259 e. The number of Topliss-reactive ketones (excluding diaryl/α,β-unsaturated/α-hetero) is 1. The van der Waals surface area contributed by atoms with Crippen molar-refractivity contribution in [1.29, 1.82) is 0 Å². The third-order valence-corrected chi connectivity index (χ3v) is 5.34. The Morgan fingerprint density at radius 1 is 0.794 bits per heavy atom. The Morgan fingerprint density at radius 2 is 1.26 bits per heavy atom. The second kappa shape index (κ2) is 12.1. The lowest BCUT2D eigenvalue weighted by Crippen LogP contribution is -2.45. The third-order valence-electron chi connectivity index (χ3n) is 5.34. The molecule has 0 spiro atoms. The van der Waals surface area contributed by atoms with Crippen molar-refractivity contribution in [3.8, 4) is 17.2 Å². The molecule has 2 N–H and O–H groups in total. The van der Waals surface area contributed by atoms with Gasteiger partial charge in [0.2, 0.25) is 5.75 Å². The van der Waals surface area contributed by atoms with E-state index in [0.717, 1.165) is 0 Å². The number of ether oxygens (including phenoxy) is 4. The lowest BCUT2D eigenvalue weighted by atomic mass is 9.85. The van der Waals surface area contributed by atoms with Crippen LogP contribution < -0.4 is 19.9 Å². The van der Waals surface area contributed by atoms with Crippen molar-refractivity contribution < 1.29 is 28.5 Å². The molecule has 0 aliphatic carbocycles. The van der Waals surface area contributed by atoms with E-state index in [1.54, 1.807) is 60.7 Å². The summed E-state index contributed by atoms with van der Waals surface area (Å²) in [6, 6.07) is 21.2. The second-order valence-corrected chi connectivity index (χ2v) is 7.21. The second-order valence-electron chi connectivity index (χ2n) is 7.21. The van der Waals surface area contributed by atoms with Gasteiger partial charge in [-0.2, -0.15) is 0 Å². The fourth-order valence-corrected chi connectivity index (χ4v) is 3.72. The summed E-state index contributed by atoms with van der Waals surface area (Å²) >= 11 is 0. The van der Waals surface area contributed by atoms with Crippen molar-refractivity contribution in [3.63, 3.8) is 0 Å². The zero-order valence-electron chi connectivity index (χ0n) is 19.3. The Balaban J connectivity index is 0.00000408. The van der Waals surface area contributed by atoms with Crippen molar-refractivity contribution in [2.45, 2.75) is 12.0 Å². The summed E-state index contributed by atoms with van der Waals surface area (Å²) in [5.41, 5.74) is 5.89. The summed E-state index contributed by atoms with van der Waals surface area (Å²) < 4.78 is 22.1. The van der Waals surface area contributed by atoms with Crippen LogP contribution in [0.4, 0.5) is 0 Å². The lowest BCUT2D eigenvalue weighted by Gasteiger charge is -2.32. The van der Waals surface area contributed by atoms with Crippen molar-refractivity contribution in [2.75, 3.05) is 27.9 Å². The van der Waals surface area contributed by atoms with Crippen molar-refractivity contribution in [2.24, 2.45) is 5.73 Å². The van der Waals surface area contributed by atoms with E-state index < -0.39 is 11.5 Å². The molecule has 0 aliphatic rings. The standard InChI is InChI=1S/C26H27NO6.ClH/c1-30-22-16-18(17-23(31-2)24(22)32-3)21(28)14-15-33-26(25(27)29,19-10-6-4-7-11-19)20-12-8-5-9-13-20;/h4-13,16-17H,14-15H2,1-3H3,(H2,27,29);1H. The summed E-state index contributed by atoms with van der Waals surface area (Å²) in [6.45, 7) is -0.0395. The Hall–Kier alpha value is -3.55. The van der Waals surface area contributed by atoms with Gasteiger partial charge in [-0.15, -0.1) is 12.4 Å². The maximum absolute atomic E-state index is 13.0. The fraction of sp³-hybridized carbons (Fsp3) is 0.231. The van der Waals surface area contributed by atoms with Gasteiger partial charge in [-0.1, -0.05) is 60.7 Å². The van der Waals surface area contributed by atoms with Gasteiger partial charge in [-0.25, -0.2) is 0 Å². The van der Waals surface area contributed by atoms with Gasteiger partial charge in [-0.05, 0) is 23.3 Å². The van der Waals surface area contributed by atoms with Crippen LogP contribution in [0.5, 0.6) is 17.2 Å². The van der Waals surface area contributed by atoms with Crippen LogP contribution in [0, 0.1) is 0 Å². The normalized spacial score (nSPS) is 10.7. The minimum absolute atomic E-state index is 0. The number of benzene rings is 3. The van der Waals surface area contributed by atoms with E-state index in [4.69, 9.17) is 24.7 Å². The highest BCUT2D eigenvalue weighted by atomic mass is 35.5. The number of hydrogen-bond donors (Lipinski definition) is 1. The molecule has 0 unspecified atom stereocenters. The predicted molar refractivity (Wildman–Crippen MR) is 131 cm³/mol. The minimum atomic E-state index is -1.53. The number of ketones is 1.